The molecule has 124 valence electrons. The first-order valence-electron chi connectivity index (χ1n) is 8.54. The molecule has 6 heteroatoms. The second kappa shape index (κ2) is 6.47. The lowest BCUT2D eigenvalue weighted by atomic mass is 10.2. The summed E-state index contributed by atoms with van der Waals surface area (Å²) in [5.74, 6) is 0.485. The largest absolute Gasteiger partial charge is 0.372 e. The third-order valence-electron chi connectivity index (χ3n) is 4.42. The zero-order chi connectivity index (χ0) is 16.4. The van der Waals surface area contributed by atoms with Crippen molar-refractivity contribution in [3.63, 3.8) is 0 Å². The number of carbonyl (C=O) groups excluding carboxylic acids is 1. The van der Waals surface area contributed by atoms with Gasteiger partial charge in [0.05, 0.1) is 0 Å². The molecule has 0 spiro atoms. The molecule has 2 fully saturated rings. The van der Waals surface area contributed by atoms with E-state index in [1.807, 2.05) is 12.1 Å². The molecule has 1 saturated heterocycles. The molecule has 1 amide bonds. The first kappa shape index (κ1) is 14.9. The Morgan fingerprint density at radius 1 is 1.00 bits per heavy atom. The molecular formula is C18H21N5O. The molecule has 6 nitrogen and oxygen atoms in total. The SMILES string of the molecule is O=C(Nc1ccc(N2CCCC2)cc1)c1ccc(NC2CC2)nn1. The number of nitrogens with one attached hydrogen (secondary N) is 2. The van der Waals surface area contributed by atoms with Crippen LogP contribution in [0.3, 0.4) is 0 Å². The average molecular weight is 323 g/mol. The second-order valence-electron chi connectivity index (χ2n) is 6.42. The minimum atomic E-state index is -0.241. The van der Waals surface area contributed by atoms with Crippen LogP contribution in [0, 0.1) is 0 Å². The first-order valence-corrected chi connectivity index (χ1v) is 8.54. The molecule has 1 aromatic carbocycles. The zero-order valence-electron chi connectivity index (χ0n) is 13.5. The molecule has 2 aromatic rings. The van der Waals surface area contributed by atoms with E-state index >= 15 is 0 Å². The number of aromatic nitrogens is 2. The number of anilines is 3. The van der Waals surface area contributed by atoms with E-state index < -0.39 is 0 Å². The van der Waals surface area contributed by atoms with Gasteiger partial charge in [0.25, 0.3) is 5.91 Å². The van der Waals surface area contributed by atoms with Crippen LogP contribution in [0.15, 0.2) is 36.4 Å². The summed E-state index contributed by atoms with van der Waals surface area (Å²) in [4.78, 5) is 14.6. The van der Waals surface area contributed by atoms with Crippen LogP contribution in [0.5, 0.6) is 0 Å². The fraction of sp³-hybridized carbons (Fsp3) is 0.389. The van der Waals surface area contributed by atoms with Crippen LogP contribution in [0.25, 0.3) is 0 Å². The van der Waals surface area contributed by atoms with Gasteiger partial charge in [-0.25, -0.2) is 0 Å². The Morgan fingerprint density at radius 3 is 2.38 bits per heavy atom. The van der Waals surface area contributed by atoms with Gasteiger partial charge in [-0.1, -0.05) is 0 Å². The molecule has 2 aliphatic rings. The zero-order valence-corrected chi connectivity index (χ0v) is 13.5. The Kier molecular flexibility index (Phi) is 4.02. The summed E-state index contributed by atoms with van der Waals surface area (Å²) in [6.45, 7) is 2.23. The maximum absolute atomic E-state index is 12.3. The number of rotatable bonds is 5. The Bertz CT molecular complexity index is 703. The molecule has 1 aromatic heterocycles. The predicted octanol–water partition coefficient (Wildman–Crippen LogP) is 2.90. The summed E-state index contributed by atoms with van der Waals surface area (Å²) in [7, 11) is 0. The molecule has 1 saturated carbocycles. The molecule has 24 heavy (non-hydrogen) atoms. The van der Waals surface area contributed by atoms with E-state index in [4.69, 9.17) is 0 Å². The molecule has 0 bridgehead atoms. The number of carbonyl (C=O) groups is 1. The van der Waals surface area contributed by atoms with Gasteiger partial charge >= 0.3 is 0 Å². The van der Waals surface area contributed by atoms with Gasteiger partial charge in [-0.05, 0) is 62.1 Å². The van der Waals surface area contributed by atoms with Gasteiger partial charge in [-0.2, -0.15) is 0 Å². The van der Waals surface area contributed by atoms with Crippen LogP contribution < -0.4 is 15.5 Å². The molecular weight excluding hydrogens is 302 g/mol. The summed E-state index contributed by atoms with van der Waals surface area (Å²) in [5.41, 5.74) is 2.30. The van der Waals surface area contributed by atoms with Gasteiger partial charge in [0.2, 0.25) is 0 Å². The van der Waals surface area contributed by atoms with Gasteiger partial charge in [-0.3, -0.25) is 4.79 Å². The van der Waals surface area contributed by atoms with Gasteiger partial charge in [0.15, 0.2) is 5.69 Å². The first-order chi connectivity index (χ1) is 11.8. The van der Waals surface area contributed by atoms with Gasteiger partial charge in [0.1, 0.15) is 5.82 Å². The fourth-order valence-electron chi connectivity index (χ4n) is 2.89. The van der Waals surface area contributed by atoms with Crippen LogP contribution in [0.2, 0.25) is 0 Å². The lowest BCUT2D eigenvalue weighted by molar-refractivity contribution is 0.102. The van der Waals surface area contributed by atoms with Crippen LogP contribution in [-0.2, 0) is 0 Å². The monoisotopic (exact) mass is 323 g/mol. The summed E-state index contributed by atoms with van der Waals surface area (Å²) in [6.07, 6.45) is 4.86. The van der Waals surface area contributed by atoms with E-state index in [1.165, 1.54) is 31.4 Å². The third-order valence-corrected chi connectivity index (χ3v) is 4.42. The van der Waals surface area contributed by atoms with E-state index in [9.17, 15) is 4.79 Å². The maximum Gasteiger partial charge on any atom is 0.276 e. The van der Waals surface area contributed by atoms with Crippen molar-refractivity contribution in [3.8, 4) is 0 Å². The molecule has 0 unspecified atom stereocenters. The topological polar surface area (TPSA) is 70.2 Å². The van der Waals surface area contributed by atoms with E-state index in [0.717, 1.165) is 24.6 Å². The molecule has 0 atom stereocenters. The normalized spacial score (nSPS) is 16.9. The highest BCUT2D eigenvalue weighted by atomic mass is 16.1. The number of nitrogens with zero attached hydrogens (tertiary/aromatic N) is 3. The predicted molar refractivity (Wildman–Crippen MR) is 94.5 cm³/mol. The molecule has 2 heterocycles. The van der Waals surface area contributed by atoms with Crippen molar-refractivity contribution in [2.75, 3.05) is 28.6 Å². The highest BCUT2D eigenvalue weighted by Crippen LogP contribution is 2.24. The van der Waals surface area contributed by atoms with E-state index in [1.54, 1.807) is 12.1 Å². The van der Waals surface area contributed by atoms with Crippen molar-refractivity contribution in [1.29, 1.82) is 0 Å². The number of hydrogen-bond donors (Lipinski definition) is 2. The summed E-state index contributed by atoms with van der Waals surface area (Å²) >= 11 is 0. The number of hydrogen-bond acceptors (Lipinski definition) is 5. The Labute approximate surface area is 141 Å². The molecule has 4 rings (SSSR count). The van der Waals surface area contributed by atoms with Crippen molar-refractivity contribution in [3.05, 3.63) is 42.1 Å². The van der Waals surface area contributed by atoms with Crippen molar-refractivity contribution in [2.45, 2.75) is 31.7 Å². The average Bonchev–Trinajstić information content (AvgIpc) is 3.25. The second-order valence-corrected chi connectivity index (χ2v) is 6.42. The molecule has 1 aliphatic heterocycles. The summed E-state index contributed by atoms with van der Waals surface area (Å²) < 4.78 is 0. The fourth-order valence-corrected chi connectivity index (χ4v) is 2.89. The number of benzene rings is 1. The minimum Gasteiger partial charge on any atom is -0.372 e. The Balaban J connectivity index is 1.37. The summed E-state index contributed by atoms with van der Waals surface area (Å²) in [5, 5.41) is 14.2. The highest BCUT2D eigenvalue weighted by molar-refractivity contribution is 6.02. The van der Waals surface area contributed by atoms with Crippen LogP contribution in [0.1, 0.15) is 36.2 Å². The summed E-state index contributed by atoms with van der Waals surface area (Å²) in [6, 6.07) is 12.0. The highest BCUT2D eigenvalue weighted by Gasteiger charge is 2.21. The third kappa shape index (κ3) is 3.48. The van der Waals surface area contributed by atoms with Gasteiger partial charge in [-0.15, -0.1) is 10.2 Å². The molecule has 2 N–H and O–H groups in total. The molecule has 1 aliphatic carbocycles. The van der Waals surface area contributed by atoms with Crippen molar-refractivity contribution in [2.24, 2.45) is 0 Å². The maximum atomic E-state index is 12.3. The standard InChI is InChI=1S/C18H21N5O/c24-18(16-9-10-17(22-21-16)19-13-3-4-13)20-14-5-7-15(8-6-14)23-11-1-2-12-23/h5-10,13H,1-4,11-12H2,(H,19,22)(H,20,24). The Morgan fingerprint density at radius 2 is 1.75 bits per heavy atom. The number of amides is 1. The minimum absolute atomic E-state index is 0.241. The molecule has 0 radical (unpaired) electrons. The van der Waals surface area contributed by atoms with E-state index in [-0.39, 0.29) is 5.91 Å². The van der Waals surface area contributed by atoms with Crippen molar-refractivity contribution in [1.82, 2.24) is 10.2 Å². The van der Waals surface area contributed by atoms with Crippen LogP contribution in [0.4, 0.5) is 17.2 Å². The lowest BCUT2D eigenvalue weighted by Crippen LogP contribution is -2.18. The van der Waals surface area contributed by atoms with Gasteiger partial charge in [0, 0.05) is 30.5 Å². The Hall–Kier alpha value is -2.63. The van der Waals surface area contributed by atoms with Crippen molar-refractivity contribution < 1.29 is 4.79 Å². The van der Waals surface area contributed by atoms with Gasteiger partial charge < -0.3 is 15.5 Å². The van der Waals surface area contributed by atoms with E-state index in [0.29, 0.717) is 11.7 Å². The quantitative estimate of drug-likeness (QED) is 0.885. The van der Waals surface area contributed by atoms with Crippen LogP contribution in [-0.4, -0.2) is 35.2 Å². The smallest absolute Gasteiger partial charge is 0.276 e. The van der Waals surface area contributed by atoms with Crippen molar-refractivity contribution >= 4 is 23.1 Å². The lowest BCUT2D eigenvalue weighted by Gasteiger charge is -2.17. The van der Waals surface area contributed by atoms with Crippen LogP contribution >= 0.6 is 0 Å². The van der Waals surface area contributed by atoms with E-state index in [2.05, 4.69) is 37.9 Å².